The highest BCUT2D eigenvalue weighted by molar-refractivity contribution is 6.12. The van der Waals surface area contributed by atoms with E-state index in [-0.39, 0.29) is 23.4 Å². The van der Waals surface area contributed by atoms with Crippen LogP contribution in [0.1, 0.15) is 69.8 Å². The Balaban J connectivity index is 1.81. The van der Waals surface area contributed by atoms with E-state index in [4.69, 9.17) is 9.73 Å². The van der Waals surface area contributed by atoms with Gasteiger partial charge in [0.25, 0.3) is 0 Å². The molecule has 27 heavy (non-hydrogen) atoms. The maximum atomic E-state index is 12.9. The summed E-state index contributed by atoms with van der Waals surface area (Å²) in [5.74, 6) is 0.659. The van der Waals surface area contributed by atoms with Gasteiger partial charge in [0.15, 0.2) is 5.78 Å². The Hall–Kier alpha value is -2.23. The van der Waals surface area contributed by atoms with Gasteiger partial charge in [-0.3, -0.25) is 14.6 Å². The summed E-state index contributed by atoms with van der Waals surface area (Å²) in [5.41, 5.74) is 3.65. The van der Waals surface area contributed by atoms with E-state index in [0.29, 0.717) is 19.4 Å². The fourth-order valence-corrected chi connectivity index (χ4v) is 4.63. The number of nitrogens with zero attached hydrogens (tertiary/aromatic N) is 1. The molecule has 0 saturated heterocycles. The molecular weight excluding hydrogens is 338 g/mol. The van der Waals surface area contributed by atoms with Crippen molar-refractivity contribution in [2.75, 3.05) is 6.61 Å². The predicted molar refractivity (Wildman–Crippen MR) is 105 cm³/mol. The first-order valence-electron chi connectivity index (χ1n) is 10.3. The fraction of sp³-hybridized carbons (Fsp3) is 0.522. The van der Waals surface area contributed by atoms with Crippen molar-refractivity contribution in [2.45, 2.75) is 64.2 Å². The minimum Gasteiger partial charge on any atom is -0.493 e. The number of carbonyl (C=O) groups is 2. The maximum absolute atomic E-state index is 12.9. The van der Waals surface area contributed by atoms with Crippen LogP contribution in [0.3, 0.4) is 0 Å². The number of ether oxygens (including phenoxy) is 1. The normalized spacial score (nSPS) is 25.0. The molecule has 142 valence electrons. The highest BCUT2D eigenvalue weighted by Gasteiger charge is 2.45. The van der Waals surface area contributed by atoms with Gasteiger partial charge in [0, 0.05) is 41.3 Å². The minimum absolute atomic E-state index is 0.158. The van der Waals surface area contributed by atoms with E-state index in [0.717, 1.165) is 66.8 Å². The molecule has 1 fully saturated rings. The molecule has 0 N–H and O–H groups in total. The first-order valence-corrected chi connectivity index (χ1v) is 10.3. The van der Waals surface area contributed by atoms with E-state index >= 15 is 0 Å². The molecule has 4 heteroatoms. The second-order valence-corrected chi connectivity index (χ2v) is 7.76. The molecule has 2 atom stereocenters. The maximum Gasteiger partial charge on any atom is 0.161 e. The topological polar surface area (TPSA) is 55.7 Å². The fourth-order valence-electron chi connectivity index (χ4n) is 4.63. The Morgan fingerprint density at radius 3 is 2.70 bits per heavy atom. The lowest BCUT2D eigenvalue weighted by Crippen LogP contribution is -2.39. The van der Waals surface area contributed by atoms with Crippen LogP contribution in [0.4, 0.5) is 0 Å². The molecule has 1 unspecified atom stereocenters. The molecule has 1 saturated carbocycles. The lowest BCUT2D eigenvalue weighted by Gasteiger charge is -2.38. The Morgan fingerprint density at radius 1 is 1.04 bits per heavy atom. The smallest absolute Gasteiger partial charge is 0.161 e. The molecule has 1 aliphatic heterocycles. The van der Waals surface area contributed by atoms with Crippen molar-refractivity contribution in [3.05, 3.63) is 41.1 Å². The van der Waals surface area contributed by atoms with Crippen LogP contribution in [0.15, 0.2) is 40.5 Å². The van der Waals surface area contributed by atoms with Gasteiger partial charge < -0.3 is 4.74 Å². The number of Topliss-reactive ketones (excluding diaryl/α,β-unsaturated/α-hetero) is 2. The van der Waals surface area contributed by atoms with Gasteiger partial charge in [0.2, 0.25) is 0 Å². The number of hydrogen-bond donors (Lipinski definition) is 0. The number of hydrogen-bond acceptors (Lipinski definition) is 4. The van der Waals surface area contributed by atoms with Crippen molar-refractivity contribution < 1.29 is 14.3 Å². The van der Waals surface area contributed by atoms with Gasteiger partial charge >= 0.3 is 0 Å². The highest BCUT2D eigenvalue weighted by Crippen LogP contribution is 2.48. The first-order chi connectivity index (χ1) is 13.2. The largest absolute Gasteiger partial charge is 0.493 e. The van der Waals surface area contributed by atoms with E-state index < -0.39 is 0 Å². The van der Waals surface area contributed by atoms with Crippen LogP contribution in [0.25, 0.3) is 0 Å². The number of ketones is 2. The summed E-state index contributed by atoms with van der Waals surface area (Å²) in [6, 6.07) is 7.94. The van der Waals surface area contributed by atoms with Gasteiger partial charge in [-0.25, -0.2) is 0 Å². The van der Waals surface area contributed by atoms with Crippen molar-refractivity contribution >= 4 is 17.3 Å². The SMILES string of the molecule is CCCCOc1ccccc1[C@@H]1C2=C(CCCC2=O)N=C2CCCC(=O)C21. The van der Waals surface area contributed by atoms with Crippen molar-refractivity contribution in [2.24, 2.45) is 10.9 Å². The summed E-state index contributed by atoms with van der Waals surface area (Å²) in [7, 11) is 0. The van der Waals surface area contributed by atoms with Gasteiger partial charge in [-0.05, 0) is 38.2 Å². The third kappa shape index (κ3) is 3.38. The van der Waals surface area contributed by atoms with Crippen LogP contribution in [0, 0.1) is 5.92 Å². The van der Waals surface area contributed by atoms with Crippen molar-refractivity contribution in [3.8, 4) is 5.75 Å². The summed E-state index contributed by atoms with van der Waals surface area (Å²) in [4.78, 5) is 30.6. The number of benzene rings is 1. The van der Waals surface area contributed by atoms with E-state index in [9.17, 15) is 9.59 Å². The van der Waals surface area contributed by atoms with Crippen LogP contribution < -0.4 is 4.74 Å². The lowest BCUT2D eigenvalue weighted by molar-refractivity contribution is -0.122. The Bertz CT molecular complexity index is 821. The van der Waals surface area contributed by atoms with Crippen LogP contribution in [0.5, 0.6) is 5.75 Å². The number of para-hydroxylation sites is 1. The summed E-state index contributed by atoms with van der Waals surface area (Å²) >= 11 is 0. The van der Waals surface area contributed by atoms with Gasteiger partial charge in [0.1, 0.15) is 11.5 Å². The summed E-state index contributed by atoms with van der Waals surface area (Å²) < 4.78 is 6.08. The molecule has 0 spiro atoms. The average molecular weight is 365 g/mol. The first kappa shape index (κ1) is 18.1. The standard InChI is InChI=1S/C23H27NO3/c1-2-3-14-27-20-13-5-4-8-15(20)21-22-16(9-6-11-18(22)25)24-17-10-7-12-19(26)23(17)21/h4-5,8,13,21-22H,2-3,6-7,9-12,14H2,1H3/t21-,22?/m0/s1. The molecule has 0 amide bonds. The van der Waals surface area contributed by atoms with E-state index in [1.807, 2.05) is 24.3 Å². The highest BCUT2D eigenvalue weighted by atomic mass is 16.5. The average Bonchev–Trinajstić information content (AvgIpc) is 2.68. The Morgan fingerprint density at radius 2 is 1.85 bits per heavy atom. The minimum atomic E-state index is -0.296. The molecule has 2 aliphatic carbocycles. The lowest BCUT2D eigenvalue weighted by atomic mass is 9.67. The zero-order valence-electron chi connectivity index (χ0n) is 16.0. The van der Waals surface area contributed by atoms with Gasteiger partial charge in [-0.1, -0.05) is 31.5 Å². The predicted octanol–water partition coefficient (Wildman–Crippen LogP) is 4.78. The van der Waals surface area contributed by atoms with Gasteiger partial charge in [-0.15, -0.1) is 0 Å². The van der Waals surface area contributed by atoms with Crippen LogP contribution in [-0.2, 0) is 9.59 Å². The van der Waals surface area contributed by atoms with Crippen LogP contribution in [-0.4, -0.2) is 23.9 Å². The zero-order chi connectivity index (χ0) is 18.8. The number of aliphatic imine (C=N–C) groups is 1. The molecule has 4 nitrogen and oxygen atoms in total. The third-order valence-corrected chi connectivity index (χ3v) is 5.92. The molecule has 4 rings (SSSR count). The molecule has 1 aromatic carbocycles. The van der Waals surface area contributed by atoms with Crippen LogP contribution >= 0.6 is 0 Å². The van der Waals surface area contributed by atoms with Crippen LogP contribution in [0.2, 0.25) is 0 Å². The molecule has 1 heterocycles. The number of rotatable bonds is 5. The quantitative estimate of drug-likeness (QED) is 0.706. The van der Waals surface area contributed by atoms with E-state index in [1.54, 1.807) is 0 Å². The molecule has 1 aromatic rings. The Kier molecular flexibility index (Phi) is 5.24. The van der Waals surface area contributed by atoms with Crippen molar-refractivity contribution in [1.29, 1.82) is 0 Å². The monoisotopic (exact) mass is 365 g/mol. The van der Waals surface area contributed by atoms with Gasteiger partial charge in [0.05, 0.1) is 12.5 Å². The second-order valence-electron chi connectivity index (χ2n) is 7.76. The second kappa shape index (κ2) is 7.79. The molecule has 3 aliphatic rings. The summed E-state index contributed by atoms with van der Waals surface area (Å²) in [6.45, 7) is 2.79. The van der Waals surface area contributed by atoms with Crippen molar-refractivity contribution in [1.82, 2.24) is 0 Å². The number of unbranched alkanes of at least 4 members (excludes halogenated alkanes) is 1. The molecule has 0 bridgehead atoms. The van der Waals surface area contributed by atoms with Gasteiger partial charge in [-0.2, -0.15) is 0 Å². The van der Waals surface area contributed by atoms with E-state index in [2.05, 4.69) is 6.92 Å². The molecular formula is C23H27NO3. The summed E-state index contributed by atoms with van der Waals surface area (Å²) in [6.07, 6.45) is 6.60. The molecule has 0 aromatic heterocycles. The zero-order valence-corrected chi connectivity index (χ0v) is 16.0. The van der Waals surface area contributed by atoms with E-state index in [1.165, 1.54) is 0 Å². The molecule has 0 radical (unpaired) electrons. The third-order valence-electron chi connectivity index (χ3n) is 5.92. The number of fused-ring (bicyclic) bond motifs is 1. The Labute approximate surface area is 160 Å². The number of allylic oxidation sites excluding steroid dienone is 2. The summed E-state index contributed by atoms with van der Waals surface area (Å²) in [5, 5.41) is 0. The van der Waals surface area contributed by atoms with Crippen molar-refractivity contribution in [3.63, 3.8) is 0 Å². The number of carbonyl (C=O) groups excluding carboxylic acids is 2.